The fraction of sp³-hybridized carbons (Fsp3) is 0.600. The predicted molar refractivity (Wildman–Crippen MR) is 76.5 cm³/mol. The average molecular weight is 293 g/mol. The lowest BCUT2D eigenvalue weighted by Gasteiger charge is -2.11. The second-order valence-corrected chi connectivity index (χ2v) is 6.86. The molecule has 4 rings (SSSR count). The second-order valence-electron chi connectivity index (χ2n) is 6.42. The molecule has 3 aliphatic rings. The first kappa shape index (κ1) is 12.6. The van der Waals surface area contributed by atoms with Crippen LogP contribution in [0, 0.1) is 33.8 Å². The van der Waals surface area contributed by atoms with E-state index >= 15 is 0 Å². The molecule has 4 atom stereocenters. The minimum atomic E-state index is -0.329. The van der Waals surface area contributed by atoms with Gasteiger partial charge < -0.3 is 5.32 Å². The Kier molecular flexibility index (Phi) is 2.79. The van der Waals surface area contributed by atoms with Crippen LogP contribution in [0.15, 0.2) is 18.2 Å². The molecule has 3 fully saturated rings. The van der Waals surface area contributed by atoms with Crippen LogP contribution in [0.5, 0.6) is 0 Å². The molecule has 4 nitrogen and oxygen atoms in total. The van der Waals surface area contributed by atoms with Crippen molar-refractivity contribution >= 4 is 17.3 Å². The van der Waals surface area contributed by atoms with E-state index in [0.717, 1.165) is 23.7 Å². The lowest BCUT2D eigenvalue weighted by Crippen LogP contribution is -2.22. The molecule has 1 aromatic carbocycles. The zero-order valence-electron chi connectivity index (χ0n) is 11.1. The van der Waals surface area contributed by atoms with Gasteiger partial charge >= 0.3 is 0 Å². The van der Waals surface area contributed by atoms with Crippen molar-refractivity contribution in [3.05, 3.63) is 38.9 Å². The van der Waals surface area contributed by atoms with Crippen molar-refractivity contribution < 1.29 is 4.92 Å². The SMILES string of the molecule is O=[N+]([O-])c1ccc(Cl)cc1CNC1C2C3CCC(C3)C12. The number of nitrogens with zero attached hydrogens (tertiary/aromatic N) is 1. The summed E-state index contributed by atoms with van der Waals surface area (Å²) in [7, 11) is 0. The molecule has 3 saturated carbocycles. The van der Waals surface area contributed by atoms with E-state index in [4.69, 9.17) is 11.6 Å². The second kappa shape index (κ2) is 4.43. The van der Waals surface area contributed by atoms with Crippen molar-refractivity contribution in [2.75, 3.05) is 0 Å². The number of fused-ring (bicyclic) bond motifs is 5. The van der Waals surface area contributed by atoms with Crippen molar-refractivity contribution in [3.8, 4) is 0 Å². The third-order valence-corrected chi connectivity index (χ3v) is 5.74. The topological polar surface area (TPSA) is 55.2 Å². The quantitative estimate of drug-likeness (QED) is 0.684. The van der Waals surface area contributed by atoms with E-state index in [9.17, 15) is 10.1 Å². The molecule has 0 spiro atoms. The van der Waals surface area contributed by atoms with E-state index in [1.807, 2.05) is 0 Å². The number of hydrogen-bond donors (Lipinski definition) is 1. The van der Waals surface area contributed by atoms with Gasteiger partial charge in [0.2, 0.25) is 0 Å². The third kappa shape index (κ3) is 1.85. The number of nitro groups is 1. The zero-order chi connectivity index (χ0) is 13.9. The van der Waals surface area contributed by atoms with Gasteiger partial charge in [-0.1, -0.05) is 11.6 Å². The van der Waals surface area contributed by atoms with Crippen molar-refractivity contribution in [2.45, 2.75) is 31.8 Å². The Morgan fingerprint density at radius 3 is 2.65 bits per heavy atom. The molecule has 106 valence electrons. The Balaban J connectivity index is 1.46. The molecule has 0 aliphatic heterocycles. The first-order chi connectivity index (χ1) is 9.65. The monoisotopic (exact) mass is 292 g/mol. The van der Waals surface area contributed by atoms with Crippen LogP contribution in [0.2, 0.25) is 5.02 Å². The van der Waals surface area contributed by atoms with E-state index < -0.39 is 0 Å². The molecule has 0 heterocycles. The highest BCUT2D eigenvalue weighted by Crippen LogP contribution is 2.65. The summed E-state index contributed by atoms with van der Waals surface area (Å²) in [5.74, 6) is 3.51. The number of nitro benzene ring substituents is 1. The van der Waals surface area contributed by atoms with Crippen molar-refractivity contribution in [1.29, 1.82) is 0 Å². The Labute approximate surface area is 122 Å². The summed E-state index contributed by atoms with van der Waals surface area (Å²) < 4.78 is 0. The Bertz CT molecular complexity index is 561. The van der Waals surface area contributed by atoms with Crippen LogP contribution in [-0.2, 0) is 6.54 Å². The minimum absolute atomic E-state index is 0.163. The number of halogens is 1. The minimum Gasteiger partial charge on any atom is -0.309 e. The van der Waals surface area contributed by atoms with Gasteiger partial charge in [-0.3, -0.25) is 10.1 Å². The predicted octanol–water partition coefficient (Wildman–Crippen LogP) is 3.38. The summed E-state index contributed by atoms with van der Waals surface area (Å²) >= 11 is 5.95. The van der Waals surface area contributed by atoms with E-state index in [-0.39, 0.29) is 10.6 Å². The smallest absolute Gasteiger partial charge is 0.273 e. The molecule has 0 aromatic heterocycles. The summed E-state index contributed by atoms with van der Waals surface area (Å²) in [5, 5.41) is 15.1. The van der Waals surface area contributed by atoms with Gasteiger partial charge in [0.1, 0.15) is 0 Å². The third-order valence-electron chi connectivity index (χ3n) is 5.50. The molecule has 0 amide bonds. The Morgan fingerprint density at radius 2 is 2.00 bits per heavy atom. The maximum absolute atomic E-state index is 11.0. The van der Waals surface area contributed by atoms with Crippen molar-refractivity contribution in [1.82, 2.24) is 5.32 Å². The van der Waals surface area contributed by atoms with Crippen LogP contribution >= 0.6 is 11.6 Å². The Morgan fingerprint density at radius 1 is 1.30 bits per heavy atom. The average Bonchev–Trinajstić information content (AvgIpc) is 2.79. The molecule has 2 bridgehead atoms. The number of nitrogens with one attached hydrogen (secondary N) is 1. The zero-order valence-corrected chi connectivity index (χ0v) is 11.8. The lowest BCUT2D eigenvalue weighted by atomic mass is 10.0. The van der Waals surface area contributed by atoms with Gasteiger partial charge in [0, 0.05) is 29.2 Å². The van der Waals surface area contributed by atoms with Gasteiger partial charge in [-0.15, -0.1) is 0 Å². The van der Waals surface area contributed by atoms with Gasteiger partial charge in [0.15, 0.2) is 0 Å². The highest BCUT2D eigenvalue weighted by molar-refractivity contribution is 6.30. The lowest BCUT2D eigenvalue weighted by molar-refractivity contribution is -0.385. The summed E-state index contributed by atoms with van der Waals surface area (Å²) in [6, 6.07) is 5.37. The maximum atomic E-state index is 11.0. The van der Waals surface area contributed by atoms with E-state index in [1.165, 1.54) is 25.3 Å². The molecule has 1 N–H and O–H groups in total. The van der Waals surface area contributed by atoms with E-state index in [2.05, 4.69) is 5.32 Å². The summed E-state index contributed by atoms with van der Waals surface area (Å²) in [6.07, 6.45) is 4.20. The molecule has 5 heteroatoms. The standard InChI is InChI=1S/C15H17ClN2O2/c16-11-3-4-12(18(19)20)10(6-11)7-17-15-13-8-1-2-9(5-8)14(13)15/h3-4,6,8-9,13-15,17H,1-2,5,7H2. The van der Waals surface area contributed by atoms with Crippen molar-refractivity contribution in [2.24, 2.45) is 23.7 Å². The number of rotatable bonds is 4. The summed E-state index contributed by atoms with van der Waals surface area (Å²) in [5.41, 5.74) is 0.857. The van der Waals surface area contributed by atoms with E-state index in [0.29, 0.717) is 23.2 Å². The molecule has 3 aliphatic carbocycles. The molecule has 0 radical (unpaired) electrons. The van der Waals surface area contributed by atoms with Crippen molar-refractivity contribution in [3.63, 3.8) is 0 Å². The summed E-state index contributed by atoms with van der Waals surface area (Å²) in [6.45, 7) is 0.550. The van der Waals surface area contributed by atoms with Crippen LogP contribution in [-0.4, -0.2) is 11.0 Å². The number of hydrogen-bond acceptors (Lipinski definition) is 3. The molecular weight excluding hydrogens is 276 g/mol. The molecule has 0 saturated heterocycles. The van der Waals surface area contributed by atoms with Crippen LogP contribution in [0.3, 0.4) is 0 Å². The normalized spacial score (nSPS) is 37.0. The highest BCUT2D eigenvalue weighted by Gasteiger charge is 2.64. The van der Waals surface area contributed by atoms with Gasteiger partial charge in [0.05, 0.1) is 4.92 Å². The van der Waals surface area contributed by atoms with Crippen LogP contribution in [0.4, 0.5) is 5.69 Å². The van der Waals surface area contributed by atoms with Gasteiger partial charge in [-0.2, -0.15) is 0 Å². The molecular formula is C15H17ClN2O2. The first-order valence-electron chi connectivity index (χ1n) is 7.31. The molecule has 4 unspecified atom stereocenters. The maximum Gasteiger partial charge on any atom is 0.273 e. The largest absolute Gasteiger partial charge is 0.309 e. The van der Waals surface area contributed by atoms with Gasteiger partial charge in [-0.25, -0.2) is 0 Å². The highest BCUT2D eigenvalue weighted by atomic mass is 35.5. The molecule has 1 aromatic rings. The molecule has 20 heavy (non-hydrogen) atoms. The van der Waals surface area contributed by atoms with Gasteiger partial charge in [-0.05, 0) is 55.1 Å². The van der Waals surface area contributed by atoms with Crippen LogP contribution in [0.25, 0.3) is 0 Å². The fourth-order valence-corrected chi connectivity index (χ4v) is 4.89. The number of benzene rings is 1. The van der Waals surface area contributed by atoms with Crippen LogP contribution in [0.1, 0.15) is 24.8 Å². The first-order valence-corrected chi connectivity index (χ1v) is 7.69. The van der Waals surface area contributed by atoms with Crippen LogP contribution < -0.4 is 5.32 Å². The fourth-order valence-electron chi connectivity index (χ4n) is 4.70. The summed E-state index contributed by atoms with van der Waals surface area (Å²) in [4.78, 5) is 10.7. The Hall–Kier alpha value is -1.13. The van der Waals surface area contributed by atoms with E-state index in [1.54, 1.807) is 12.1 Å². The van der Waals surface area contributed by atoms with Gasteiger partial charge in [0.25, 0.3) is 5.69 Å².